The number of furan rings is 1. The topological polar surface area (TPSA) is 74.5 Å². The molecule has 5 nitrogen and oxygen atoms in total. The van der Waals surface area contributed by atoms with Crippen LogP contribution >= 0.6 is 0 Å². The fraction of sp³-hybridized carbons (Fsp3) is 0.545. The predicted molar refractivity (Wildman–Crippen MR) is 60.0 cm³/mol. The summed E-state index contributed by atoms with van der Waals surface area (Å²) in [7, 11) is 0. The van der Waals surface area contributed by atoms with Gasteiger partial charge in [-0.05, 0) is 18.9 Å². The van der Waals surface area contributed by atoms with Gasteiger partial charge in [-0.1, -0.05) is 6.92 Å². The SMILES string of the molecule is CCCNC(=O)NCCC(O)c1ccoc1. The average Bonchev–Trinajstić information content (AvgIpc) is 2.79. The summed E-state index contributed by atoms with van der Waals surface area (Å²) in [6.45, 7) is 3.08. The van der Waals surface area contributed by atoms with Gasteiger partial charge in [-0.3, -0.25) is 0 Å². The Bertz CT molecular complexity index is 298. The molecule has 1 heterocycles. The quantitative estimate of drug-likeness (QED) is 0.686. The van der Waals surface area contributed by atoms with Gasteiger partial charge >= 0.3 is 6.03 Å². The fourth-order valence-electron chi connectivity index (χ4n) is 1.25. The molecule has 3 N–H and O–H groups in total. The second-order valence-electron chi connectivity index (χ2n) is 3.54. The van der Waals surface area contributed by atoms with Crippen molar-refractivity contribution in [3.05, 3.63) is 24.2 Å². The molecule has 16 heavy (non-hydrogen) atoms. The van der Waals surface area contributed by atoms with Crippen LogP contribution in [0.5, 0.6) is 0 Å². The van der Waals surface area contributed by atoms with Gasteiger partial charge in [0.2, 0.25) is 0 Å². The summed E-state index contributed by atoms with van der Waals surface area (Å²) >= 11 is 0. The monoisotopic (exact) mass is 226 g/mol. The molecule has 0 aliphatic rings. The van der Waals surface area contributed by atoms with E-state index in [1.54, 1.807) is 6.07 Å². The van der Waals surface area contributed by atoms with Crippen LogP contribution in [-0.2, 0) is 0 Å². The van der Waals surface area contributed by atoms with Crippen LogP contribution in [0.4, 0.5) is 4.79 Å². The smallest absolute Gasteiger partial charge is 0.314 e. The van der Waals surface area contributed by atoms with Crippen molar-refractivity contribution in [2.24, 2.45) is 0 Å². The lowest BCUT2D eigenvalue weighted by atomic mass is 10.1. The Balaban J connectivity index is 2.13. The first-order valence-corrected chi connectivity index (χ1v) is 5.46. The zero-order chi connectivity index (χ0) is 11.8. The predicted octanol–water partition coefficient (Wildman–Crippen LogP) is 1.41. The molecule has 0 bridgehead atoms. The maximum Gasteiger partial charge on any atom is 0.314 e. The number of rotatable bonds is 6. The molecule has 0 aromatic carbocycles. The van der Waals surface area contributed by atoms with Gasteiger partial charge in [0.05, 0.1) is 18.6 Å². The normalized spacial score (nSPS) is 12.1. The van der Waals surface area contributed by atoms with Crippen molar-refractivity contribution in [2.45, 2.75) is 25.9 Å². The van der Waals surface area contributed by atoms with E-state index in [1.165, 1.54) is 12.5 Å². The van der Waals surface area contributed by atoms with E-state index < -0.39 is 6.10 Å². The number of carbonyl (C=O) groups excluding carboxylic acids is 1. The van der Waals surface area contributed by atoms with Crippen LogP contribution in [0.1, 0.15) is 31.4 Å². The lowest BCUT2D eigenvalue weighted by Gasteiger charge is -2.09. The van der Waals surface area contributed by atoms with E-state index in [0.29, 0.717) is 19.5 Å². The number of hydrogen-bond donors (Lipinski definition) is 3. The first-order chi connectivity index (χ1) is 7.74. The summed E-state index contributed by atoms with van der Waals surface area (Å²) in [6, 6.07) is 1.52. The van der Waals surface area contributed by atoms with Gasteiger partial charge in [0.25, 0.3) is 0 Å². The van der Waals surface area contributed by atoms with Crippen molar-refractivity contribution in [3.63, 3.8) is 0 Å². The molecule has 1 rings (SSSR count). The van der Waals surface area contributed by atoms with Crippen LogP contribution in [0.3, 0.4) is 0 Å². The summed E-state index contributed by atoms with van der Waals surface area (Å²) in [5.41, 5.74) is 0.732. The molecule has 0 aliphatic carbocycles. The zero-order valence-corrected chi connectivity index (χ0v) is 9.40. The highest BCUT2D eigenvalue weighted by Crippen LogP contribution is 2.15. The van der Waals surface area contributed by atoms with Gasteiger partial charge in [-0.2, -0.15) is 0 Å². The van der Waals surface area contributed by atoms with Gasteiger partial charge < -0.3 is 20.2 Å². The third-order valence-electron chi connectivity index (χ3n) is 2.17. The van der Waals surface area contributed by atoms with E-state index in [1.807, 2.05) is 6.92 Å². The van der Waals surface area contributed by atoms with E-state index in [0.717, 1.165) is 12.0 Å². The van der Waals surface area contributed by atoms with Crippen LogP contribution in [0, 0.1) is 0 Å². The Hall–Kier alpha value is -1.49. The molecule has 90 valence electrons. The van der Waals surface area contributed by atoms with Gasteiger partial charge in [0, 0.05) is 18.7 Å². The molecular formula is C11H18N2O3. The standard InChI is InChI=1S/C11H18N2O3/c1-2-5-12-11(15)13-6-3-10(14)9-4-7-16-8-9/h4,7-8,10,14H,2-3,5-6H2,1H3,(H2,12,13,15). The van der Waals surface area contributed by atoms with Crippen molar-refractivity contribution in [1.82, 2.24) is 10.6 Å². The Morgan fingerprint density at radius 1 is 1.50 bits per heavy atom. The molecule has 0 aliphatic heterocycles. The Morgan fingerprint density at radius 3 is 2.88 bits per heavy atom. The third-order valence-corrected chi connectivity index (χ3v) is 2.17. The minimum atomic E-state index is -0.592. The summed E-state index contributed by atoms with van der Waals surface area (Å²) in [6.07, 6.45) is 3.80. The van der Waals surface area contributed by atoms with E-state index in [4.69, 9.17) is 4.42 Å². The number of amides is 2. The molecule has 0 spiro atoms. The number of nitrogens with one attached hydrogen (secondary N) is 2. The molecule has 0 saturated heterocycles. The second-order valence-corrected chi connectivity index (χ2v) is 3.54. The van der Waals surface area contributed by atoms with Crippen LogP contribution in [0.25, 0.3) is 0 Å². The van der Waals surface area contributed by atoms with Crippen molar-refractivity contribution in [1.29, 1.82) is 0 Å². The highest BCUT2D eigenvalue weighted by atomic mass is 16.3. The zero-order valence-electron chi connectivity index (χ0n) is 9.40. The molecule has 0 saturated carbocycles. The summed E-state index contributed by atoms with van der Waals surface area (Å²) in [5, 5.41) is 15.0. The van der Waals surface area contributed by atoms with Crippen LogP contribution < -0.4 is 10.6 Å². The minimum Gasteiger partial charge on any atom is -0.472 e. The Morgan fingerprint density at radius 2 is 2.25 bits per heavy atom. The van der Waals surface area contributed by atoms with Gasteiger partial charge in [-0.25, -0.2) is 4.79 Å². The number of aliphatic hydroxyl groups excluding tert-OH is 1. The highest BCUT2D eigenvalue weighted by molar-refractivity contribution is 5.73. The molecule has 1 unspecified atom stereocenters. The first kappa shape index (κ1) is 12.6. The second kappa shape index (κ2) is 6.90. The number of hydrogen-bond acceptors (Lipinski definition) is 3. The summed E-state index contributed by atoms with van der Waals surface area (Å²) in [5.74, 6) is 0. The van der Waals surface area contributed by atoms with Gasteiger partial charge in [-0.15, -0.1) is 0 Å². The lowest BCUT2D eigenvalue weighted by molar-refractivity contribution is 0.166. The van der Waals surface area contributed by atoms with E-state index in [9.17, 15) is 9.90 Å². The van der Waals surface area contributed by atoms with E-state index >= 15 is 0 Å². The van der Waals surface area contributed by atoms with Crippen molar-refractivity contribution < 1.29 is 14.3 Å². The average molecular weight is 226 g/mol. The molecule has 1 atom stereocenters. The van der Waals surface area contributed by atoms with Gasteiger partial charge in [0.15, 0.2) is 0 Å². The molecule has 1 aromatic heterocycles. The molecule has 5 heteroatoms. The molecule has 2 amide bonds. The van der Waals surface area contributed by atoms with Crippen molar-refractivity contribution in [2.75, 3.05) is 13.1 Å². The summed E-state index contributed by atoms with van der Waals surface area (Å²) in [4.78, 5) is 11.1. The number of aliphatic hydroxyl groups is 1. The Labute approximate surface area is 94.8 Å². The van der Waals surface area contributed by atoms with Crippen molar-refractivity contribution in [3.8, 4) is 0 Å². The summed E-state index contributed by atoms with van der Waals surface area (Å²) < 4.78 is 4.86. The number of carbonyl (C=O) groups is 1. The van der Waals surface area contributed by atoms with Gasteiger partial charge in [0.1, 0.15) is 0 Å². The van der Waals surface area contributed by atoms with Crippen LogP contribution in [-0.4, -0.2) is 24.2 Å². The van der Waals surface area contributed by atoms with Crippen LogP contribution in [0.15, 0.2) is 23.0 Å². The van der Waals surface area contributed by atoms with Crippen LogP contribution in [0.2, 0.25) is 0 Å². The van der Waals surface area contributed by atoms with Crippen molar-refractivity contribution >= 4 is 6.03 Å². The molecule has 0 fully saturated rings. The molecular weight excluding hydrogens is 208 g/mol. The maximum atomic E-state index is 11.1. The number of urea groups is 1. The molecule has 1 aromatic rings. The first-order valence-electron chi connectivity index (χ1n) is 5.46. The molecule has 0 radical (unpaired) electrons. The highest BCUT2D eigenvalue weighted by Gasteiger charge is 2.08. The minimum absolute atomic E-state index is 0.193. The maximum absolute atomic E-state index is 11.1. The largest absolute Gasteiger partial charge is 0.472 e. The lowest BCUT2D eigenvalue weighted by Crippen LogP contribution is -2.36. The Kier molecular flexibility index (Phi) is 5.42. The third kappa shape index (κ3) is 4.35. The van der Waals surface area contributed by atoms with E-state index in [2.05, 4.69) is 10.6 Å². The van der Waals surface area contributed by atoms with E-state index in [-0.39, 0.29) is 6.03 Å². The fourth-order valence-corrected chi connectivity index (χ4v) is 1.25.